The predicted molar refractivity (Wildman–Crippen MR) is 80.3 cm³/mol. The van der Waals surface area contributed by atoms with Crippen LogP contribution in [0.2, 0.25) is 0 Å². The van der Waals surface area contributed by atoms with Gasteiger partial charge in [0.2, 0.25) is 10.0 Å². The van der Waals surface area contributed by atoms with Crippen LogP contribution in [0, 0.1) is 0 Å². The number of primary amides is 1. The van der Waals surface area contributed by atoms with Gasteiger partial charge in [-0.05, 0) is 32.0 Å². The second-order valence-electron chi connectivity index (χ2n) is 5.31. The van der Waals surface area contributed by atoms with E-state index >= 15 is 0 Å². The topological polar surface area (TPSA) is 98.9 Å². The van der Waals surface area contributed by atoms with Crippen molar-refractivity contribution >= 4 is 15.9 Å². The zero-order chi connectivity index (χ0) is 16.5. The molecule has 0 aromatic heterocycles. The third-order valence-corrected chi connectivity index (χ3v) is 5.29. The van der Waals surface area contributed by atoms with E-state index in [1.54, 1.807) is 0 Å². The van der Waals surface area contributed by atoms with Crippen LogP contribution in [0.1, 0.15) is 24.2 Å². The first-order valence-electron chi connectivity index (χ1n) is 6.89. The van der Waals surface area contributed by atoms with E-state index in [2.05, 4.69) is 0 Å². The Morgan fingerprint density at radius 3 is 2.41 bits per heavy atom. The highest BCUT2D eigenvalue weighted by atomic mass is 32.2. The van der Waals surface area contributed by atoms with E-state index in [9.17, 15) is 13.2 Å². The van der Waals surface area contributed by atoms with Crippen LogP contribution in [0.15, 0.2) is 23.1 Å². The normalized spacial score (nSPS) is 23.2. The number of carbonyl (C=O) groups is 1. The predicted octanol–water partition coefficient (Wildman–Crippen LogP) is 0.592. The largest absolute Gasteiger partial charge is 0.496 e. The maximum atomic E-state index is 12.7. The molecule has 1 saturated heterocycles. The quantitative estimate of drug-likeness (QED) is 0.872. The molecule has 8 heteroatoms. The van der Waals surface area contributed by atoms with E-state index in [4.69, 9.17) is 15.2 Å². The van der Waals surface area contributed by atoms with Gasteiger partial charge in [-0.15, -0.1) is 0 Å². The van der Waals surface area contributed by atoms with Gasteiger partial charge in [0.1, 0.15) is 5.75 Å². The molecule has 2 rings (SSSR count). The Bertz CT molecular complexity index is 664. The number of carbonyl (C=O) groups excluding carboxylic acids is 1. The molecule has 2 N–H and O–H groups in total. The summed E-state index contributed by atoms with van der Waals surface area (Å²) in [5.74, 6) is -0.493. The molecule has 1 amide bonds. The summed E-state index contributed by atoms with van der Waals surface area (Å²) >= 11 is 0. The summed E-state index contributed by atoms with van der Waals surface area (Å²) in [6.07, 6.45) is -0.375. The molecule has 0 saturated carbocycles. The van der Waals surface area contributed by atoms with Gasteiger partial charge in [-0.3, -0.25) is 4.79 Å². The highest BCUT2D eigenvalue weighted by molar-refractivity contribution is 7.89. The van der Waals surface area contributed by atoms with Crippen LogP contribution in [0.4, 0.5) is 0 Å². The average Bonchev–Trinajstić information content (AvgIpc) is 2.45. The van der Waals surface area contributed by atoms with Crippen LogP contribution in [-0.2, 0) is 14.8 Å². The summed E-state index contributed by atoms with van der Waals surface area (Å²) < 4.78 is 37.4. The summed E-state index contributed by atoms with van der Waals surface area (Å²) in [6.45, 7) is 4.18. The van der Waals surface area contributed by atoms with Gasteiger partial charge in [0.15, 0.2) is 0 Å². The second-order valence-corrected chi connectivity index (χ2v) is 7.24. The minimum Gasteiger partial charge on any atom is -0.496 e. The first kappa shape index (κ1) is 16.7. The molecular weight excluding hydrogens is 308 g/mol. The first-order chi connectivity index (χ1) is 10.3. The van der Waals surface area contributed by atoms with E-state index < -0.39 is 15.9 Å². The molecular formula is C14H20N2O5S. The van der Waals surface area contributed by atoms with Gasteiger partial charge < -0.3 is 15.2 Å². The number of benzene rings is 1. The van der Waals surface area contributed by atoms with E-state index in [0.717, 1.165) is 0 Å². The van der Waals surface area contributed by atoms with Crippen molar-refractivity contribution in [2.45, 2.75) is 31.0 Å². The minimum absolute atomic E-state index is 0.0170. The third-order valence-electron chi connectivity index (χ3n) is 3.46. The molecule has 1 fully saturated rings. The van der Waals surface area contributed by atoms with Crippen LogP contribution in [0.5, 0.6) is 5.75 Å². The zero-order valence-corrected chi connectivity index (χ0v) is 13.6. The number of amides is 1. The number of hydrogen-bond acceptors (Lipinski definition) is 5. The Hall–Kier alpha value is -1.64. The highest BCUT2D eigenvalue weighted by Gasteiger charge is 2.32. The molecule has 1 heterocycles. The van der Waals surface area contributed by atoms with Gasteiger partial charge in [-0.1, -0.05) is 0 Å². The Kier molecular flexibility index (Phi) is 4.74. The molecule has 7 nitrogen and oxygen atoms in total. The number of nitrogens with two attached hydrogens (primary N) is 1. The molecule has 22 heavy (non-hydrogen) atoms. The van der Waals surface area contributed by atoms with Gasteiger partial charge >= 0.3 is 0 Å². The molecule has 0 bridgehead atoms. The standard InChI is InChI=1S/C14H20N2O5S/c1-9-7-16(8-10(2)21-9)22(18,19)11-4-5-13(20-3)12(6-11)14(15)17/h4-6,9-10H,7-8H2,1-3H3,(H2,15,17)/t9-,10-/m0/s1. The number of rotatable bonds is 4. The lowest BCUT2D eigenvalue weighted by molar-refractivity contribution is -0.0440. The maximum Gasteiger partial charge on any atom is 0.252 e. The molecule has 2 atom stereocenters. The van der Waals surface area contributed by atoms with E-state index in [1.807, 2.05) is 13.8 Å². The van der Waals surface area contributed by atoms with Crippen LogP contribution in [0.25, 0.3) is 0 Å². The first-order valence-corrected chi connectivity index (χ1v) is 8.33. The van der Waals surface area contributed by atoms with Crippen molar-refractivity contribution in [2.75, 3.05) is 20.2 Å². The molecule has 122 valence electrons. The van der Waals surface area contributed by atoms with Crippen LogP contribution < -0.4 is 10.5 Å². The van der Waals surface area contributed by atoms with Crippen molar-refractivity contribution in [1.29, 1.82) is 0 Å². The van der Waals surface area contributed by atoms with Crippen molar-refractivity contribution in [3.05, 3.63) is 23.8 Å². The molecule has 0 radical (unpaired) electrons. The Morgan fingerprint density at radius 2 is 1.91 bits per heavy atom. The number of nitrogens with zero attached hydrogens (tertiary/aromatic N) is 1. The van der Waals surface area contributed by atoms with Crippen molar-refractivity contribution in [3.8, 4) is 5.75 Å². The fraction of sp³-hybridized carbons (Fsp3) is 0.500. The van der Waals surface area contributed by atoms with Crippen molar-refractivity contribution < 1.29 is 22.7 Å². The number of methoxy groups -OCH3 is 1. The zero-order valence-electron chi connectivity index (χ0n) is 12.8. The molecule has 1 aromatic rings. The summed E-state index contributed by atoms with van der Waals surface area (Å²) in [4.78, 5) is 11.5. The Morgan fingerprint density at radius 1 is 1.32 bits per heavy atom. The summed E-state index contributed by atoms with van der Waals surface area (Å²) in [7, 11) is -2.33. The molecule has 0 spiro atoms. The van der Waals surface area contributed by atoms with Gasteiger partial charge in [0.05, 0.1) is 29.8 Å². The second kappa shape index (κ2) is 6.23. The fourth-order valence-corrected chi connectivity index (χ4v) is 4.13. The van der Waals surface area contributed by atoms with E-state index in [0.29, 0.717) is 0 Å². The van der Waals surface area contributed by atoms with E-state index in [-0.39, 0.29) is 41.5 Å². The van der Waals surface area contributed by atoms with Gasteiger partial charge in [-0.25, -0.2) is 8.42 Å². The van der Waals surface area contributed by atoms with Crippen molar-refractivity contribution in [1.82, 2.24) is 4.31 Å². The molecule has 0 aliphatic carbocycles. The number of sulfonamides is 1. The number of morpholine rings is 1. The summed E-state index contributed by atoms with van der Waals surface area (Å²) in [6, 6.07) is 4.09. The van der Waals surface area contributed by atoms with Crippen LogP contribution in [0.3, 0.4) is 0 Å². The lowest BCUT2D eigenvalue weighted by atomic mass is 10.2. The fourth-order valence-electron chi connectivity index (χ4n) is 2.52. The van der Waals surface area contributed by atoms with Crippen molar-refractivity contribution in [3.63, 3.8) is 0 Å². The summed E-state index contributed by atoms with van der Waals surface area (Å²) in [5, 5.41) is 0. The van der Waals surface area contributed by atoms with Gasteiger partial charge in [0.25, 0.3) is 5.91 Å². The molecule has 1 aliphatic heterocycles. The van der Waals surface area contributed by atoms with Gasteiger partial charge in [-0.2, -0.15) is 4.31 Å². The van der Waals surface area contributed by atoms with Crippen LogP contribution >= 0.6 is 0 Å². The lowest BCUT2D eigenvalue weighted by Gasteiger charge is -2.34. The molecule has 1 aromatic carbocycles. The Labute approximate surface area is 130 Å². The monoisotopic (exact) mass is 328 g/mol. The molecule has 1 aliphatic rings. The smallest absolute Gasteiger partial charge is 0.252 e. The molecule has 0 unspecified atom stereocenters. The highest BCUT2D eigenvalue weighted by Crippen LogP contribution is 2.26. The average molecular weight is 328 g/mol. The third kappa shape index (κ3) is 3.23. The van der Waals surface area contributed by atoms with Crippen LogP contribution in [-0.4, -0.2) is 51.0 Å². The number of ether oxygens (including phenoxy) is 2. The SMILES string of the molecule is COc1ccc(S(=O)(=O)N2C[C@H](C)O[C@@H](C)C2)cc1C(N)=O. The maximum absolute atomic E-state index is 12.7. The van der Waals surface area contributed by atoms with Gasteiger partial charge in [0, 0.05) is 13.1 Å². The summed E-state index contributed by atoms with van der Waals surface area (Å²) in [5.41, 5.74) is 5.32. The Balaban J connectivity index is 2.41. The lowest BCUT2D eigenvalue weighted by Crippen LogP contribution is -2.48. The minimum atomic E-state index is -3.72. The van der Waals surface area contributed by atoms with Crippen molar-refractivity contribution in [2.24, 2.45) is 5.73 Å². The number of hydrogen-bond donors (Lipinski definition) is 1. The van der Waals surface area contributed by atoms with E-state index in [1.165, 1.54) is 29.6 Å².